The monoisotopic (exact) mass is 407 g/mol. The maximum atomic E-state index is 14.2. The molecule has 3 rings (SSSR count). The van der Waals surface area contributed by atoms with Crippen LogP contribution < -0.4 is 4.74 Å². The number of hydrogen-bond acceptors (Lipinski definition) is 3. The first kappa shape index (κ1) is 20.4. The SMILES string of the molecule is CN(Cc1ccc(OC(F)F)cc1)C(=O)c1cn(C)nc1-c1ccc(F)cc1F. The molecule has 9 heteroatoms. The number of rotatable bonds is 6. The molecule has 1 heterocycles. The largest absolute Gasteiger partial charge is 0.435 e. The highest BCUT2D eigenvalue weighted by Crippen LogP contribution is 2.26. The van der Waals surface area contributed by atoms with Gasteiger partial charge in [-0.1, -0.05) is 12.1 Å². The first-order valence-electron chi connectivity index (χ1n) is 8.53. The van der Waals surface area contributed by atoms with Crippen molar-refractivity contribution in [1.29, 1.82) is 0 Å². The molecule has 1 aromatic heterocycles. The van der Waals surface area contributed by atoms with Crippen LogP contribution in [0.4, 0.5) is 17.6 Å². The highest BCUT2D eigenvalue weighted by molar-refractivity contribution is 5.99. The number of carbonyl (C=O) groups excluding carboxylic acids is 1. The molecule has 0 unspecified atom stereocenters. The van der Waals surface area contributed by atoms with Gasteiger partial charge in [-0.25, -0.2) is 8.78 Å². The van der Waals surface area contributed by atoms with Crippen molar-refractivity contribution in [3.05, 3.63) is 71.4 Å². The minimum absolute atomic E-state index is 0.0113. The summed E-state index contributed by atoms with van der Waals surface area (Å²) in [7, 11) is 3.13. The summed E-state index contributed by atoms with van der Waals surface area (Å²) in [5.74, 6) is -1.97. The lowest BCUT2D eigenvalue weighted by Gasteiger charge is -2.17. The first-order valence-corrected chi connectivity index (χ1v) is 8.53. The smallest absolute Gasteiger partial charge is 0.387 e. The second-order valence-corrected chi connectivity index (χ2v) is 6.37. The molecular formula is C20H17F4N3O2. The highest BCUT2D eigenvalue weighted by Gasteiger charge is 2.22. The second kappa shape index (κ2) is 8.34. The van der Waals surface area contributed by atoms with E-state index in [1.807, 2.05) is 0 Å². The molecule has 0 radical (unpaired) electrons. The van der Waals surface area contributed by atoms with Crippen LogP contribution in [0.15, 0.2) is 48.7 Å². The lowest BCUT2D eigenvalue weighted by molar-refractivity contribution is -0.0498. The van der Waals surface area contributed by atoms with E-state index in [1.165, 1.54) is 34.0 Å². The Balaban J connectivity index is 1.81. The lowest BCUT2D eigenvalue weighted by Crippen LogP contribution is -2.26. The zero-order valence-corrected chi connectivity index (χ0v) is 15.6. The summed E-state index contributed by atoms with van der Waals surface area (Å²) >= 11 is 0. The molecule has 0 spiro atoms. The molecule has 0 aliphatic carbocycles. The summed E-state index contributed by atoms with van der Waals surface area (Å²) < 4.78 is 57.5. The molecule has 0 fully saturated rings. The first-order chi connectivity index (χ1) is 13.7. The number of ether oxygens (including phenoxy) is 1. The van der Waals surface area contributed by atoms with Gasteiger partial charge in [0.05, 0.1) is 5.56 Å². The highest BCUT2D eigenvalue weighted by atomic mass is 19.3. The number of halogens is 4. The van der Waals surface area contributed by atoms with E-state index in [4.69, 9.17) is 0 Å². The van der Waals surface area contributed by atoms with Gasteiger partial charge in [0, 0.05) is 38.5 Å². The Labute approximate surface area is 164 Å². The normalized spacial score (nSPS) is 11.0. The minimum Gasteiger partial charge on any atom is -0.435 e. The average Bonchev–Trinajstić information content (AvgIpc) is 3.03. The third-order valence-electron chi connectivity index (χ3n) is 4.16. The van der Waals surface area contributed by atoms with Crippen LogP contribution in [0.2, 0.25) is 0 Å². The van der Waals surface area contributed by atoms with Crippen molar-refractivity contribution < 1.29 is 27.1 Å². The molecule has 5 nitrogen and oxygen atoms in total. The van der Waals surface area contributed by atoms with Crippen molar-refractivity contribution in [1.82, 2.24) is 14.7 Å². The van der Waals surface area contributed by atoms with Crippen LogP contribution in [-0.2, 0) is 13.6 Å². The molecule has 0 aliphatic heterocycles. The quantitative estimate of drug-likeness (QED) is 0.575. The summed E-state index contributed by atoms with van der Waals surface area (Å²) in [6, 6.07) is 8.92. The van der Waals surface area contributed by atoms with Crippen LogP contribution in [0.5, 0.6) is 5.75 Å². The number of aryl methyl sites for hydroxylation is 1. The van der Waals surface area contributed by atoms with Gasteiger partial charge in [0.25, 0.3) is 5.91 Å². The fourth-order valence-electron chi connectivity index (χ4n) is 2.85. The summed E-state index contributed by atoms with van der Waals surface area (Å²) in [5.41, 5.74) is 0.943. The fraction of sp³-hybridized carbons (Fsp3) is 0.200. The maximum Gasteiger partial charge on any atom is 0.387 e. The Morgan fingerprint density at radius 2 is 1.86 bits per heavy atom. The van der Waals surface area contributed by atoms with Gasteiger partial charge in [-0.15, -0.1) is 0 Å². The number of nitrogens with zero attached hydrogens (tertiary/aromatic N) is 3. The standard InChI is InChI=1S/C20H17F4N3O2/c1-26(10-12-3-6-14(7-4-12)29-20(23)24)19(28)16-11-27(2)25-18(16)15-8-5-13(21)9-17(15)22/h3-9,11,20H,10H2,1-2H3. The van der Waals surface area contributed by atoms with Crippen molar-refractivity contribution in [3.8, 4) is 17.0 Å². The van der Waals surface area contributed by atoms with Gasteiger partial charge in [0.1, 0.15) is 23.1 Å². The Kier molecular flexibility index (Phi) is 5.86. The second-order valence-electron chi connectivity index (χ2n) is 6.37. The lowest BCUT2D eigenvalue weighted by atomic mass is 10.1. The van der Waals surface area contributed by atoms with E-state index in [2.05, 4.69) is 9.84 Å². The van der Waals surface area contributed by atoms with Crippen LogP contribution in [0.1, 0.15) is 15.9 Å². The van der Waals surface area contributed by atoms with Crippen LogP contribution >= 0.6 is 0 Å². The van der Waals surface area contributed by atoms with Gasteiger partial charge < -0.3 is 9.64 Å². The van der Waals surface area contributed by atoms with E-state index in [9.17, 15) is 22.4 Å². The van der Waals surface area contributed by atoms with Crippen LogP contribution in [0.25, 0.3) is 11.3 Å². The predicted octanol–water partition coefficient (Wildman–Crippen LogP) is 4.24. The topological polar surface area (TPSA) is 47.4 Å². The van der Waals surface area contributed by atoms with Gasteiger partial charge >= 0.3 is 6.61 Å². The number of amides is 1. The Morgan fingerprint density at radius 1 is 1.17 bits per heavy atom. The van der Waals surface area contributed by atoms with Crippen LogP contribution in [0.3, 0.4) is 0 Å². The van der Waals surface area contributed by atoms with Gasteiger partial charge in [-0.05, 0) is 29.8 Å². The molecule has 0 bridgehead atoms. The van der Waals surface area contributed by atoms with E-state index in [-0.39, 0.29) is 29.1 Å². The molecule has 3 aromatic rings. The molecular weight excluding hydrogens is 390 g/mol. The summed E-state index contributed by atoms with van der Waals surface area (Å²) in [4.78, 5) is 14.3. The van der Waals surface area contributed by atoms with Crippen molar-refractivity contribution in [2.24, 2.45) is 7.05 Å². The minimum atomic E-state index is -2.92. The van der Waals surface area contributed by atoms with E-state index >= 15 is 0 Å². The van der Waals surface area contributed by atoms with Crippen LogP contribution in [0, 0.1) is 11.6 Å². The van der Waals surface area contributed by atoms with Crippen molar-refractivity contribution in [2.75, 3.05) is 7.05 Å². The van der Waals surface area contributed by atoms with Gasteiger partial charge in [0.15, 0.2) is 0 Å². The van der Waals surface area contributed by atoms with E-state index in [1.54, 1.807) is 26.2 Å². The van der Waals surface area contributed by atoms with E-state index in [0.717, 1.165) is 12.1 Å². The van der Waals surface area contributed by atoms with Gasteiger partial charge in [0.2, 0.25) is 0 Å². The number of aromatic nitrogens is 2. The van der Waals surface area contributed by atoms with Crippen molar-refractivity contribution in [3.63, 3.8) is 0 Å². The Hall–Kier alpha value is -3.36. The van der Waals surface area contributed by atoms with Gasteiger partial charge in [-0.2, -0.15) is 13.9 Å². The molecule has 29 heavy (non-hydrogen) atoms. The van der Waals surface area contributed by atoms with Crippen molar-refractivity contribution in [2.45, 2.75) is 13.2 Å². The average molecular weight is 407 g/mol. The third kappa shape index (κ3) is 4.74. The van der Waals surface area contributed by atoms with Crippen molar-refractivity contribution >= 4 is 5.91 Å². The zero-order chi connectivity index (χ0) is 21.1. The number of carbonyl (C=O) groups is 1. The summed E-state index contributed by atoms with van der Waals surface area (Å²) in [6.07, 6.45) is 1.45. The fourth-order valence-corrected chi connectivity index (χ4v) is 2.85. The van der Waals surface area contributed by atoms with E-state index in [0.29, 0.717) is 5.56 Å². The Morgan fingerprint density at radius 3 is 2.48 bits per heavy atom. The number of hydrogen-bond donors (Lipinski definition) is 0. The molecule has 0 saturated carbocycles. The van der Waals surface area contributed by atoms with E-state index < -0.39 is 24.2 Å². The number of benzene rings is 2. The zero-order valence-electron chi connectivity index (χ0n) is 15.6. The molecule has 2 aromatic carbocycles. The number of alkyl halides is 2. The van der Waals surface area contributed by atoms with Crippen LogP contribution in [-0.4, -0.2) is 34.2 Å². The molecule has 0 aliphatic rings. The molecule has 152 valence electrons. The van der Waals surface area contributed by atoms with Gasteiger partial charge in [-0.3, -0.25) is 9.48 Å². The molecule has 0 N–H and O–H groups in total. The summed E-state index contributed by atoms with van der Waals surface area (Å²) in [6.45, 7) is -2.74. The summed E-state index contributed by atoms with van der Waals surface area (Å²) in [5, 5.41) is 4.14. The third-order valence-corrected chi connectivity index (χ3v) is 4.16. The Bertz CT molecular complexity index is 1020. The molecule has 0 atom stereocenters. The predicted molar refractivity (Wildman–Crippen MR) is 97.4 cm³/mol. The molecule has 1 amide bonds. The maximum absolute atomic E-state index is 14.2. The molecule has 0 saturated heterocycles.